The molecule has 0 aliphatic heterocycles. The van der Waals surface area contributed by atoms with Gasteiger partial charge in [-0.25, -0.2) is 14.6 Å². The van der Waals surface area contributed by atoms with Crippen molar-refractivity contribution in [1.82, 2.24) is 25.1 Å². The topological polar surface area (TPSA) is 97.9 Å². The maximum Gasteiger partial charge on any atom is 0.416 e. The van der Waals surface area contributed by atoms with Gasteiger partial charge >= 0.3 is 6.18 Å². The summed E-state index contributed by atoms with van der Waals surface area (Å²) in [5.41, 5.74) is -0.373. The van der Waals surface area contributed by atoms with E-state index in [1.165, 1.54) is 18.5 Å². The zero-order valence-corrected chi connectivity index (χ0v) is 16.1. The van der Waals surface area contributed by atoms with Crippen LogP contribution in [0.25, 0.3) is 11.0 Å². The molecule has 0 spiro atoms. The van der Waals surface area contributed by atoms with Crippen LogP contribution in [0, 0.1) is 0 Å². The molecule has 160 valence electrons. The average Bonchev–Trinajstić information content (AvgIpc) is 3.42. The lowest BCUT2D eigenvalue weighted by Crippen LogP contribution is -2.27. The molecule has 0 fully saturated rings. The second-order valence-corrected chi connectivity index (χ2v) is 6.59. The van der Waals surface area contributed by atoms with Crippen LogP contribution >= 0.6 is 0 Å². The van der Waals surface area contributed by atoms with Crippen molar-refractivity contribution in [2.45, 2.75) is 19.3 Å². The third-order valence-electron chi connectivity index (χ3n) is 4.51. The van der Waals surface area contributed by atoms with Crippen LogP contribution in [0.4, 0.5) is 19.0 Å². The molecular formula is C20H17F3N6O2. The molecule has 0 radical (unpaired) electrons. The number of furan rings is 1. The quantitative estimate of drug-likeness (QED) is 0.466. The van der Waals surface area contributed by atoms with Crippen LogP contribution in [0.3, 0.4) is 0 Å². The van der Waals surface area contributed by atoms with E-state index in [9.17, 15) is 18.0 Å². The van der Waals surface area contributed by atoms with Crippen LogP contribution in [0.15, 0.2) is 59.6 Å². The van der Waals surface area contributed by atoms with E-state index in [0.717, 1.165) is 17.9 Å². The van der Waals surface area contributed by atoms with Gasteiger partial charge < -0.3 is 15.1 Å². The van der Waals surface area contributed by atoms with Crippen molar-refractivity contribution in [1.29, 1.82) is 0 Å². The fourth-order valence-electron chi connectivity index (χ4n) is 3.00. The van der Waals surface area contributed by atoms with Crippen LogP contribution in [-0.2, 0) is 19.3 Å². The Hall–Kier alpha value is -3.89. The van der Waals surface area contributed by atoms with E-state index >= 15 is 0 Å². The molecular weight excluding hydrogens is 413 g/mol. The highest BCUT2D eigenvalue weighted by Crippen LogP contribution is 2.29. The first-order valence-corrected chi connectivity index (χ1v) is 9.30. The standard InChI is InChI=1S/C20H17F3N6O2/c21-20(22,23)14-4-1-3-13(9-14)19(30)24-6-7-29-18-16(11-28-29)17(26-12-27-18)25-10-15-5-2-8-31-15/h1-5,8-9,11-12H,6-7,10H2,(H,24,30)(H,25,26,27). The molecule has 2 N–H and O–H groups in total. The predicted molar refractivity (Wildman–Crippen MR) is 105 cm³/mol. The van der Waals surface area contributed by atoms with Crippen LogP contribution in [0.5, 0.6) is 0 Å². The van der Waals surface area contributed by atoms with E-state index in [0.29, 0.717) is 23.4 Å². The summed E-state index contributed by atoms with van der Waals surface area (Å²) in [5.74, 6) is 0.732. The number of benzene rings is 1. The maximum atomic E-state index is 12.8. The Bertz CT molecular complexity index is 1190. The third-order valence-corrected chi connectivity index (χ3v) is 4.51. The lowest BCUT2D eigenvalue weighted by molar-refractivity contribution is -0.137. The number of anilines is 1. The highest BCUT2D eigenvalue weighted by Gasteiger charge is 2.30. The van der Waals surface area contributed by atoms with Crippen molar-refractivity contribution in [2.75, 3.05) is 11.9 Å². The van der Waals surface area contributed by atoms with Crippen LogP contribution in [-0.4, -0.2) is 32.2 Å². The van der Waals surface area contributed by atoms with E-state index in [1.54, 1.807) is 23.2 Å². The number of nitrogens with one attached hydrogen (secondary N) is 2. The molecule has 1 amide bonds. The lowest BCUT2D eigenvalue weighted by Gasteiger charge is -2.10. The Morgan fingerprint density at radius 1 is 1.16 bits per heavy atom. The van der Waals surface area contributed by atoms with Gasteiger partial charge in [0.05, 0.1) is 36.5 Å². The van der Waals surface area contributed by atoms with Crippen molar-refractivity contribution in [3.8, 4) is 0 Å². The lowest BCUT2D eigenvalue weighted by atomic mass is 10.1. The Morgan fingerprint density at radius 3 is 2.81 bits per heavy atom. The molecule has 1 aromatic carbocycles. The minimum atomic E-state index is -4.51. The molecule has 0 atom stereocenters. The van der Waals surface area contributed by atoms with Crippen molar-refractivity contribution in [3.63, 3.8) is 0 Å². The highest BCUT2D eigenvalue weighted by molar-refractivity contribution is 5.94. The van der Waals surface area contributed by atoms with Gasteiger partial charge in [0, 0.05) is 12.1 Å². The monoisotopic (exact) mass is 430 g/mol. The third kappa shape index (κ3) is 4.65. The van der Waals surface area contributed by atoms with Gasteiger partial charge in [0.15, 0.2) is 5.65 Å². The molecule has 4 aromatic rings. The van der Waals surface area contributed by atoms with Crippen molar-refractivity contribution in [3.05, 3.63) is 72.1 Å². The number of fused-ring (bicyclic) bond motifs is 1. The van der Waals surface area contributed by atoms with Gasteiger partial charge in [-0.15, -0.1) is 0 Å². The second-order valence-electron chi connectivity index (χ2n) is 6.59. The van der Waals surface area contributed by atoms with E-state index in [1.807, 2.05) is 6.07 Å². The molecule has 0 aliphatic rings. The molecule has 0 saturated carbocycles. The number of rotatable bonds is 7. The molecule has 0 bridgehead atoms. The Morgan fingerprint density at radius 2 is 2.03 bits per heavy atom. The minimum absolute atomic E-state index is 0.0631. The number of halogens is 3. The average molecular weight is 430 g/mol. The number of hydrogen-bond acceptors (Lipinski definition) is 6. The molecule has 0 saturated heterocycles. The van der Waals surface area contributed by atoms with Gasteiger partial charge in [-0.1, -0.05) is 6.07 Å². The molecule has 3 heterocycles. The number of carbonyl (C=O) groups excluding carboxylic acids is 1. The summed E-state index contributed by atoms with van der Waals surface area (Å²) in [6.07, 6.45) is 0.0750. The van der Waals surface area contributed by atoms with Gasteiger partial charge in [-0.05, 0) is 30.3 Å². The van der Waals surface area contributed by atoms with Crippen molar-refractivity contribution in [2.24, 2.45) is 0 Å². The first-order chi connectivity index (χ1) is 14.9. The van der Waals surface area contributed by atoms with Crippen molar-refractivity contribution >= 4 is 22.8 Å². The molecule has 0 aliphatic carbocycles. The zero-order valence-electron chi connectivity index (χ0n) is 16.1. The number of nitrogens with zero attached hydrogens (tertiary/aromatic N) is 4. The molecule has 4 rings (SSSR count). The van der Waals surface area contributed by atoms with Gasteiger partial charge in [-0.3, -0.25) is 4.79 Å². The second kappa shape index (κ2) is 8.46. The minimum Gasteiger partial charge on any atom is -0.467 e. The van der Waals surface area contributed by atoms with Crippen LogP contribution in [0.2, 0.25) is 0 Å². The fraction of sp³-hybridized carbons (Fsp3) is 0.200. The summed E-state index contributed by atoms with van der Waals surface area (Å²) in [5, 5.41) is 10.7. The van der Waals surface area contributed by atoms with Crippen LogP contribution in [0.1, 0.15) is 21.7 Å². The summed E-state index contributed by atoms with van der Waals surface area (Å²) in [7, 11) is 0. The summed E-state index contributed by atoms with van der Waals surface area (Å²) in [6.45, 7) is 0.880. The smallest absolute Gasteiger partial charge is 0.416 e. The predicted octanol–water partition coefficient (Wildman–Crippen LogP) is 3.48. The number of amides is 1. The summed E-state index contributed by atoms with van der Waals surface area (Å²) < 4.78 is 45.3. The summed E-state index contributed by atoms with van der Waals surface area (Å²) >= 11 is 0. The summed E-state index contributed by atoms with van der Waals surface area (Å²) in [4.78, 5) is 20.7. The first kappa shape index (κ1) is 20.4. The van der Waals surface area contributed by atoms with E-state index in [4.69, 9.17) is 4.42 Å². The van der Waals surface area contributed by atoms with Gasteiger partial charge in [0.1, 0.15) is 17.9 Å². The highest BCUT2D eigenvalue weighted by atomic mass is 19.4. The molecule has 11 heteroatoms. The number of carbonyl (C=O) groups is 1. The SMILES string of the molecule is O=C(NCCn1ncc2c(NCc3ccco3)ncnc21)c1cccc(C(F)(F)F)c1. The van der Waals surface area contributed by atoms with E-state index < -0.39 is 17.6 Å². The van der Waals surface area contributed by atoms with Crippen LogP contribution < -0.4 is 10.6 Å². The molecule has 31 heavy (non-hydrogen) atoms. The largest absolute Gasteiger partial charge is 0.467 e. The first-order valence-electron chi connectivity index (χ1n) is 9.30. The zero-order chi connectivity index (χ0) is 21.8. The number of aromatic nitrogens is 4. The Kier molecular flexibility index (Phi) is 5.56. The Labute approximate surface area is 174 Å². The van der Waals surface area contributed by atoms with Crippen molar-refractivity contribution < 1.29 is 22.4 Å². The number of hydrogen-bond donors (Lipinski definition) is 2. The maximum absolute atomic E-state index is 12.8. The van der Waals surface area contributed by atoms with Gasteiger partial charge in [-0.2, -0.15) is 18.3 Å². The van der Waals surface area contributed by atoms with Gasteiger partial charge in [0.2, 0.25) is 0 Å². The normalized spacial score (nSPS) is 11.6. The fourth-order valence-corrected chi connectivity index (χ4v) is 3.00. The van der Waals surface area contributed by atoms with E-state index in [-0.39, 0.29) is 18.7 Å². The van der Waals surface area contributed by atoms with Gasteiger partial charge in [0.25, 0.3) is 5.91 Å². The molecule has 0 unspecified atom stereocenters. The summed E-state index contributed by atoms with van der Waals surface area (Å²) in [6, 6.07) is 7.90. The molecule has 8 nitrogen and oxygen atoms in total. The Balaban J connectivity index is 1.39. The number of alkyl halides is 3. The molecule has 3 aromatic heterocycles. The van der Waals surface area contributed by atoms with E-state index in [2.05, 4.69) is 25.7 Å².